The number of hydrogen-bond acceptors (Lipinski definition) is 7. The highest BCUT2D eigenvalue weighted by molar-refractivity contribution is 6.14. The summed E-state index contributed by atoms with van der Waals surface area (Å²) in [7, 11) is 0. The van der Waals surface area contributed by atoms with Crippen LogP contribution in [-0.2, 0) is 0 Å². The van der Waals surface area contributed by atoms with Gasteiger partial charge in [-0.05, 0) is 183 Å². The quantitative estimate of drug-likeness (QED) is 0.142. The van der Waals surface area contributed by atoms with Crippen molar-refractivity contribution in [3.8, 4) is 109 Å². The Bertz CT molecular complexity index is 4930. The van der Waals surface area contributed by atoms with E-state index in [1.807, 2.05) is 85.8 Å². The molecular weight excluding hydrogens is 995 g/mol. The van der Waals surface area contributed by atoms with E-state index in [1.165, 1.54) is 0 Å². The molecule has 0 unspecified atom stereocenters. The molecule has 0 bridgehead atoms. The number of fused-ring (bicyclic) bond motifs is 6. The van der Waals surface area contributed by atoms with E-state index in [9.17, 15) is 36.8 Å². The lowest BCUT2D eigenvalue weighted by Crippen LogP contribution is -2.05. The molecule has 0 saturated carbocycles. The Balaban J connectivity index is 1.21. The zero-order valence-electron chi connectivity index (χ0n) is 42.7. The molecule has 10 aromatic carbocycles. The van der Waals surface area contributed by atoms with Gasteiger partial charge in [0, 0.05) is 32.7 Å². The van der Waals surface area contributed by atoms with E-state index in [2.05, 4.69) is 85.6 Å². The Morgan fingerprint density at radius 2 is 0.728 bits per heavy atom. The van der Waals surface area contributed by atoms with Crippen LogP contribution in [0.1, 0.15) is 44.5 Å². The van der Waals surface area contributed by atoms with Crippen LogP contribution in [-0.4, -0.2) is 9.13 Å². The van der Waals surface area contributed by atoms with Gasteiger partial charge in [-0.1, -0.05) is 66.7 Å². The zero-order valence-corrected chi connectivity index (χ0v) is 42.7. The Morgan fingerprint density at radius 1 is 0.333 bits per heavy atom. The van der Waals surface area contributed by atoms with Crippen LogP contribution in [0.4, 0.5) is 11.4 Å². The number of aryl methyl sites for hydroxylation is 1. The molecule has 368 valence electrons. The van der Waals surface area contributed by atoms with Gasteiger partial charge in [0.2, 0.25) is 0 Å². The minimum absolute atomic E-state index is 0.328. The molecule has 2 aromatic heterocycles. The van der Waals surface area contributed by atoms with Crippen molar-refractivity contribution in [2.24, 2.45) is 0 Å². The van der Waals surface area contributed by atoms with Crippen molar-refractivity contribution in [3.63, 3.8) is 0 Å². The summed E-state index contributed by atoms with van der Waals surface area (Å²) >= 11 is 0. The third-order valence-corrected chi connectivity index (χ3v) is 14.9. The molecular formula is C70H33N11. The van der Waals surface area contributed by atoms with E-state index in [4.69, 9.17) is 13.1 Å². The molecule has 81 heavy (non-hydrogen) atoms. The molecule has 0 radical (unpaired) electrons. The van der Waals surface area contributed by atoms with Crippen LogP contribution >= 0.6 is 0 Å². The fourth-order valence-corrected chi connectivity index (χ4v) is 11.1. The molecule has 0 fully saturated rings. The Hall–Kier alpha value is -12.8. The van der Waals surface area contributed by atoms with Crippen molar-refractivity contribution < 1.29 is 0 Å². The van der Waals surface area contributed by atoms with E-state index in [0.717, 1.165) is 93.9 Å². The number of aromatic nitrogens is 2. The number of hydrogen-bond donors (Lipinski definition) is 0. The van der Waals surface area contributed by atoms with Gasteiger partial charge >= 0.3 is 0 Å². The largest absolute Gasteiger partial charge is 0.307 e. The van der Waals surface area contributed by atoms with Crippen LogP contribution in [0.3, 0.4) is 0 Å². The highest BCUT2D eigenvalue weighted by atomic mass is 15.1. The number of nitrogens with zero attached hydrogens (tertiary/aromatic N) is 11. The van der Waals surface area contributed by atoms with Crippen molar-refractivity contribution >= 4 is 55.0 Å². The lowest BCUT2D eigenvalue weighted by Gasteiger charge is -2.20. The van der Waals surface area contributed by atoms with Crippen molar-refractivity contribution in [1.29, 1.82) is 36.8 Å². The smallest absolute Gasteiger partial charge is 0.196 e. The van der Waals surface area contributed by atoms with Gasteiger partial charge in [0.15, 0.2) is 11.4 Å². The normalized spacial score (nSPS) is 10.7. The predicted molar refractivity (Wildman–Crippen MR) is 313 cm³/mol. The molecule has 0 aliphatic rings. The second kappa shape index (κ2) is 19.7. The van der Waals surface area contributed by atoms with Gasteiger partial charge in [-0.3, -0.25) is 0 Å². The summed E-state index contributed by atoms with van der Waals surface area (Å²) in [6.45, 7) is 17.8. The fraction of sp³-hybridized carbons (Fsp3) is 0.0143. The lowest BCUT2D eigenvalue weighted by atomic mass is 9.95. The summed E-state index contributed by atoms with van der Waals surface area (Å²) in [5.41, 5.74) is 16.2. The van der Waals surface area contributed by atoms with Gasteiger partial charge in [-0.2, -0.15) is 36.8 Å². The molecule has 2 heterocycles. The number of benzene rings is 10. The van der Waals surface area contributed by atoms with Crippen LogP contribution in [0, 0.1) is 99.4 Å². The average Bonchev–Trinajstić information content (AvgIpc) is 3.51. The summed E-state index contributed by atoms with van der Waals surface area (Å²) < 4.78 is 4.42. The van der Waals surface area contributed by atoms with Gasteiger partial charge in [0.25, 0.3) is 0 Å². The monoisotopic (exact) mass is 1030 g/mol. The van der Waals surface area contributed by atoms with Gasteiger partial charge < -0.3 is 9.13 Å². The van der Waals surface area contributed by atoms with E-state index in [1.54, 1.807) is 78.9 Å². The molecule has 0 N–H and O–H groups in total. The molecule has 11 nitrogen and oxygen atoms in total. The zero-order chi connectivity index (χ0) is 56.1. The first-order valence-corrected chi connectivity index (χ1v) is 25.2. The maximum absolute atomic E-state index is 10.4. The molecule has 0 saturated heterocycles. The van der Waals surface area contributed by atoms with Crippen LogP contribution in [0.25, 0.3) is 120 Å². The summed E-state index contributed by atoms with van der Waals surface area (Å²) in [5.74, 6) is 0. The second-order valence-corrected chi connectivity index (χ2v) is 19.3. The third kappa shape index (κ3) is 8.15. The van der Waals surface area contributed by atoms with Crippen molar-refractivity contribution in [2.45, 2.75) is 6.92 Å². The number of rotatable bonds is 7. The highest BCUT2D eigenvalue weighted by Crippen LogP contribution is 2.45. The Morgan fingerprint density at radius 3 is 1.17 bits per heavy atom. The van der Waals surface area contributed by atoms with Crippen molar-refractivity contribution in [3.05, 3.63) is 249 Å². The van der Waals surface area contributed by atoms with Crippen LogP contribution in [0.2, 0.25) is 0 Å². The minimum atomic E-state index is 0.328. The third-order valence-electron chi connectivity index (χ3n) is 14.9. The summed E-state index contributed by atoms with van der Waals surface area (Å²) in [5, 5.41) is 73.9. The first kappa shape index (κ1) is 49.1. The van der Waals surface area contributed by atoms with Gasteiger partial charge in [-0.25, -0.2) is 9.69 Å². The SMILES string of the molecule is [C-]#[N+]c1ccc(-c2ccc3c(c2)c2cc(-c4ccc(C#N)cc4[N+]#[C-])ccc2n3-c2cc(C)c(-c3cccc(C#N)c3)cc2-n2c3ccc(-c4ccc(C#N)cc4C#N)cc3c3cc(-c4ccc(C#N)cc4C#N)ccc32)c(C#N)c1. The first-order valence-electron chi connectivity index (χ1n) is 25.2. The Kier molecular flexibility index (Phi) is 12.0. The fourth-order valence-electron chi connectivity index (χ4n) is 11.1. The molecule has 12 aromatic rings. The maximum Gasteiger partial charge on any atom is 0.196 e. The lowest BCUT2D eigenvalue weighted by molar-refractivity contribution is 1.09. The van der Waals surface area contributed by atoms with Crippen molar-refractivity contribution in [2.75, 3.05) is 0 Å². The first-order chi connectivity index (χ1) is 39.6. The van der Waals surface area contributed by atoms with Gasteiger partial charge in [0.05, 0.1) is 117 Å². The average molecular weight is 1030 g/mol. The standard InChI is InChI=1S/C70H33N11/c1-41-23-69(80-65-19-12-49(57-18-14-54(78-2)28-53(57)40-77)31-62(65)63-32-50(13-22-66(63)80)58-17-9-45(37-74)27-64(58)79-3)70(33-59(41)46-6-4-5-42(24-46)34-71)81-67-20-10-47(55-15-7-43(35-72)25-51(55)38-75)29-60(67)61-30-48(11-21-68(61)81)56-16-8-44(36-73)26-52(56)39-76/h4-33H,1H3. The van der Waals surface area contributed by atoms with Crippen LogP contribution in [0.15, 0.2) is 182 Å². The number of nitriles is 7. The van der Waals surface area contributed by atoms with Crippen LogP contribution in [0.5, 0.6) is 0 Å². The predicted octanol–water partition coefficient (Wildman–Crippen LogP) is 16.7. The molecule has 0 aliphatic heterocycles. The molecule has 12 rings (SSSR count). The molecule has 0 atom stereocenters. The Labute approximate surface area is 464 Å². The molecule has 0 aliphatic carbocycles. The van der Waals surface area contributed by atoms with E-state index in [0.29, 0.717) is 72.6 Å². The van der Waals surface area contributed by atoms with Gasteiger partial charge in [-0.15, -0.1) is 0 Å². The summed E-state index contributed by atoms with van der Waals surface area (Å²) in [6.07, 6.45) is 0. The summed E-state index contributed by atoms with van der Waals surface area (Å²) in [4.78, 5) is 7.40. The van der Waals surface area contributed by atoms with E-state index < -0.39 is 0 Å². The summed E-state index contributed by atoms with van der Waals surface area (Å²) in [6, 6.07) is 71.8. The maximum atomic E-state index is 10.4. The van der Waals surface area contributed by atoms with Crippen molar-refractivity contribution in [1.82, 2.24) is 9.13 Å². The van der Waals surface area contributed by atoms with E-state index in [-0.39, 0.29) is 0 Å². The topological polar surface area (TPSA) is 185 Å². The van der Waals surface area contributed by atoms with E-state index >= 15 is 0 Å². The highest BCUT2D eigenvalue weighted by Gasteiger charge is 2.25. The second-order valence-electron chi connectivity index (χ2n) is 19.3. The molecule has 0 spiro atoms. The molecule has 0 amide bonds. The van der Waals surface area contributed by atoms with Crippen LogP contribution < -0.4 is 0 Å². The molecule has 11 heteroatoms. The van der Waals surface area contributed by atoms with Gasteiger partial charge in [0.1, 0.15) is 0 Å². The minimum Gasteiger partial charge on any atom is -0.307 e.